The van der Waals surface area contributed by atoms with Crippen molar-refractivity contribution < 1.29 is 9.43 Å². The number of nitrogens with one attached hydrogen (secondary N) is 1. The Morgan fingerprint density at radius 2 is 2.29 bits per heavy atom. The lowest BCUT2D eigenvalue weighted by Crippen LogP contribution is -2.63. The van der Waals surface area contributed by atoms with Crippen LogP contribution in [0.4, 0.5) is 0 Å². The van der Waals surface area contributed by atoms with Crippen molar-refractivity contribution in [2.24, 2.45) is 0 Å². The van der Waals surface area contributed by atoms with Gasteiger partial charge in [0.15, 0.2) is 6.20 Å². The maximum atomic E-state index is 5.82. The van der Waals surface area contributed by atoms with Gasteiger partial charge < -0.3 is 4.84 Å². The van der Waals surface area contributed by atoms with E-state index >= 15 is 0 Å². The van der Waals surface area contributed by atoms with Crippen LogP contribution < -0.4 is 9.43 Å². The zero-order valence-electron chi connectivity index (χ0n) is 12.8. The van der Waals surface area contributed by atoms with Crippen LogP contribution in [0, 0.1) is 11.8 Å². The van der Waals surface area contributed by atoms with Crippen molar-refractivity contribution in [1.29, 1.82) is 0 Å². The highest BCUT2D eigenvalue weighted by Crippen LogP contribution is 2.06. The van der Waals surface area contributed by atoms with Gasteiger partial charge in [0.05, 0.1) is 11.7 Å². The highest BCUT2D eigenvalue weighted by atomic mass is 16.7. The van der Waals surface area contributed by atoms with Crippen LogP contribution in [0.15, 0.2) is 72.9 Å². The normalized spacial score (nSPS) is 12.9. The Morgan fingerprint density at radius 3 is 3.12 bits per heavy atom. The summed E-state index contributed by atoms with van der Waals surface area (Å²) in [4.78, 5) is 7.44. The average Bonchev–Trinajstić information content (AvgIpc) is 3.32. The molecular weight excluding hydrogens is 303 g/mol. The third-order valence-electron chi connectivity index (χ3n) is 3.52. The predicted octanol–water partition coefficient (Wildman–Crippen LogP) is 0.851. The topological polar surface area (TPSA) is 64.5 Å². The summed E-state index contributed by atoms with van der Waals surface area (Å²) in [7, 11) is 0. The minimum atomic E-state index is -0.256. The van der Waals surface area contributed by atoms with E-state index in [1.807, 2.05) is 58.1 Å². The highest BCUT2D eigenvalue weighted by molar-refractivity contribution is 6.57. The quantitative estimate of drug-likeness (QED) is 0.560. The van der Waals surface area contributed by atoms with Gasteiger partial charge in [0, 0.05) is 35.8 Å². The van der Waals surface area contributed by atoms with E-state index in [-0.39, 0.29) is 6.98 Å². The van der Waals surface area contributed by atoms with Gasteiger partial charge in [-0.05, 0) is 6.07 Å². The van der Waals surface area contributed by atoms with Crippen molar-refractivity contribution in [2.75, 3.05) is 0 Å². The second-order valence-corrected chi connectivity index (χ2v) is 5.10. The molecule has 0 saturated carbocycles. The molecule has 1 aliphatic carbocycles. The van der Waals surface area contributed by atoms with Crippen molar-refractivity contribution in [3.8, 4) is 17.7 Å². The summed E-state index contributed by atoms with van der Waals surface area (Å²) in [5.74, 6) is 6.90. The Labute approximate surface area is 138 Å². The number of hydrogen-bond donors (Lipinski definition) is 1. The van der Waals surface area contributed by atoms with E-state index in [9.17, 15) is 0 Å². The van der Waals surface area contributed by atoms with E-state index < -0.39 is 0 Å². The Kier molecular flexibility index (Phi) is 3.74. The number of allylic oxidation sites excluding steroid dienone is 4. The molecule has 8 heteroatoms. The van der Waals surface area contributed by atoms with Gasteiger partial charge >= 0.3 is 6.98 Å². The first-order chi connectivity index (χ1) is 11.9. The minimum absolute atomic E-state index is 0.256. The van der Waals surface area contributed by atoms with Gasteiger partial charge in [-0.3, -0.25) is 0 Å². The van der Waals surface area contributed by atoms with E-state index in [4.69, 9.17) is 4.84 Å². The number of H-pyrrole nitrogens is 1. The second-order valence-electron chi connectivity index (χ2n) is 5.10. The summed E-state index contributed by atoms with van der Waals surface area (Å²) in [6.07, 6.45) is 15.8. The molecule has 0 bridgehead atoms. The first kappa shape index (κ1) is 14.1. The van der Waals surface area contributed by atoms with E-state index in [2.05, 4.69) is 27.1 Å². The lowest BCUT2D eigenvalue weighted by atomic mass is 9.67. The summed E-state index contributed by atoms with van der Waals surface area (Å²) in [5, 5.41) is 11.1. The standard InChI is InChI=1S/C16H14BN6O/c1-2-4-8-15(7-3-1)17(21-12-5-10-19-21)22-13-6-14-23(22)24-16-9-11-18-20-16/h1,3,5-7,9-14H,2H2,(H,18,20)/q+1. The molecule has 0 aliphatic heterocycles. The highest BCUT2D eigenvalue weighted by Gasteiger charge is 2.41. The van der Waals surface area contributed by atoms with Crippen molar-refractivity contribution in [3.05, 3.63) is 72.9 Å². The van der Waals surface area contributed by atoms with Gasteiger partial charge in [-0.2, -0.15) is 10.2 Å². The molecule has 7 nitrogen and oxygen atoms in total. The molecule has 0 saturated heterocycles. The number of rotatable bonds is 5. The zero-order valence-corrected chi connectivity index (χ0v) is 12.8. The molecule has 0 aromatic carbocycles. The maximum Gasteiger partial charge on any atom is 0.708 e. The third-order valence-corrected chi connectivity index (χ3v) is 3.52. The molecule has 0 amide bonds. The molecule has 0 unspecified atom stereocenters. The first-order valence-corrected chi connectivity index (χ1v) is 7.53. The van der Waals surface area contributed by atoms with E-state index in [0.717, 1.165) is 11.9 Å². The number of aromatic nitrogens is 6. The smallest absolute Gasteiger partial charge is 0.310 e. The van der Waals surface area contributed by atoms with E-state index in [1.54, 1.807) is 23.3 Å². The molecule has 24 heavy (non-hydrogen) atoms. The van der Waals surface area contributed by atoms with Gasteiger partial charge in [-0.1, -0.05) is 30.1 Å². The van der Waals surface area contributed by atoms with Crippen LogP contribution in [-0.4, -0.2) is 31.7 Å². The summed E-state index contributed by atoms with van der Waals surface area (Å²) in [5.41, 5.74) is 0.922. The Bertz CT molecular complexity index is 927. The zero-order chi connectivity index (χ0) is 16.2. The van der Waals surface area contributed by atoms with E-state index in [1.165, 1.54) is 0 Å². The number of hydrogen-bond acceptors (Lipinski definition) is 3. The summed E-state index contributed by atoms with van der Waals surface area (Å²) in [6, 6.07) is 5.53. The maximum absolute atomic E-state index is 5.82. The van der Waals surface area contributed by atoms with Gasteiger partial charge in [0.1, 0.15) is 6.20 Å². The van der Waals surface area contributed by atoms with Crippen LogP contribution in [0.3, 0.4) is 0 Å². The third kappa shape index (κ3) is 2.75. The molecule has 1 N–H and O–H groups in total. The molecule has 0 atom stereocenters. The molecule has 4 rings (SSSR count). The molecule has 0 radical (unpaired) electrons. The van der Waals surface area contributed by atoms with Crippen molar-refractivity contribution in [3.63, 3.8) is 0 Å². The molecule has 3 aromatic heterocycles. The van der Waals surface area contributed by atoms with Crippen molar-refractivity contribution in [1.82, 2.24) is 24.7 Å². The Balaban J connectivity index is 1.77. The molecule has 3 heterocycles. The molecule has 1 aliphatic rings. The summed E-state index contributed by atoms with van der Waals surface area (Å²) >= 11 is 0. The molecule has 3 aromatic rings. The minimum Gasteiger partial charge on any atom is -0.310 e. The van der Waals surface area contributed by atoms with Crippen molar-refractivity contribution >= 4 is 6.98 Å². The predicted molar refractivity (Wildman–Crippen MR) is 87.6 cm³/mol. The van der Waals surface area contributed by atoms with Crippen LogP contribution >= 0.6 is 0 Å². The molecule has 0 fully saturated rings. The van der Waals surface area contributed by atoms with Gasteiger partial charge in [0.2, 0.25) is 5.88 Å². The van der Waals surface area contributed by atoms with Crippen LogP contribution in [0.5, 0.6) is 5.88 Å². The second kappa shape index (κ2) is 6.34. The average molecular weight is 317 g/mol. The first-order valence-electron chi connectivity index (χ1n) is 7.53. The molecule has 0 spiro atoms. The Morgan fingerprint density at radius 1 is 1.29 bits per heavy atom. The van der Waals surface area contributed by atoms with Crippen LogP contribution in [0.1, 0.15) is 6.42 Å². The summed E-state index contributed by atoms with van der Waals surface area (Å²) < 4.78 is 3.75. The Hall–Kier alpha value is -3.47. The fourth-order valence-corrected chi connectivity index (χ4v) is 2.48. The van der Waals surface area contributed by atoms with Crippen molar-refractivity contribution in [2.45, 2.75) is 6.42 Å². The SMILES string of the molecule is C1#CC(B(n2cccn2)[n+]2cccn2Oc2ccn[nH]2)=CC=CC1. The van der Waals surface area contributed by atoms with Crippen LogP contribution in [0.25, 0.3) is 0 Å². The fourth-order valence-electron chi connectivity index (χ4n) is 2.48. The van der Waals surface area contributed by atoms with Gasteiger partial charge in [-0.25, -0.2) is 9.69 Å². The van der Waals surface area contributed by atoms with Crippen LogP contribution in [-0.2, 0) is 0 Å². The number of aromatic amines is 1. The van der Waals surface area contributed by atoms with Gasteiger partial charge in [-0.15, -0.1) is 4.59 Å². The molecular formula is C16H14BN6O+. The van der Waals surface area contributed by atoms with E-state index in [0.29, 0.717) is 5.88 Å². The lowest BCUT2D eigenvalue weighted by molar-refractivity contribution is -0.663. The summed E-state index contributed by atoms with van der Waals surface area (Å²) in [6.45, 7) is -0.256. The number of nitrogens with zero attached hydrogens (tertiary/aromatic N) is 5. The lowest BCUT2D eigenvalue weighted by Gasteiger charge is -2.08. The largest absolute Gasteiger partial charge is 0.708 e. The molecule has 116 valence electrons. The monoisotopic (exact) mass is 317 g/mol. The van der Waals surface area contributed by atoms with Crippen LogP contribution in [0.2, 0.25) is 0 Å². The fraction of sp³-hybridized carbons (Fsp3) is 0.0625. The van der Waals surface area contributed by atoms with Gasteiger partial charge in [0.25, 0.3) is 0 Å².